The molecule has 2 atom stereocenters. The molecule has 1 aliphatic rings. The fourth-order valence-electron chi connectivity index (χ4n) is 2.89. The smallest absolute Gasteiger partial charge is 0.261 e. The molecule has 2 rings (SSSR count). The van der Waals surface area contributed by atoms with Gasteiger partial charge in [0, 0.05) is 13.1 Å². The number of carbonyl (C=O) groups is 2. The third kappa shape index (κ3) is 5.95. The zero-order chi connectivity index (χ0) is 21.1. The van der Waals surface area contributed by atoms with Crippen molar-refractivity contribution < 1.29 is 22.7 Å². The first-order valence-electron chi connectivity index (χ1n) is 9.46. The second-order valence-corrected chi connectivity index (χ2v) is 10.5. The lowest BCUT2D eigenvalue weighted by Gasteiger charge is -2.29. The SMILES string of the molecule is CC(NC(=O)C(C)Oc1ccc(C(C)(C)C)cc1)C(=O)N1CCS(=O)(=O)CC1. The topological polar surface area (TPSA) is 92.8 Å². The van der Waals surface area contributed by atoms with E-state index in [2.05, 4.69) is 26.1 Å². The number of hydrogen-bond donors (Lipinski definition) is 1. The molecule has 1 heterocycles. The van der Waals surface area contributed by atoms with E-state index < -0.39 is 27.9 Å². The van der Waals surface area contributed by atoms with Crippen molar-refractivity contribution in [2.75, 3.05) is 24.6 Å². The Kier molecular flexibility index (Phi) is 6.75. The van der Waals surface area contributed by atoms with E-state index in [1.54, 1.807) is 13.8 Å². The molecule has 1 saturated heterocycles. The number of nitrogens with one attached hydrogen (secondary N) is 1. The highest BCUT2D eigenvalue weighted by Gasteiger charge is 2.29. The normalized spacial score (nSPS) is 18.8. The van der Waals surface area contributed by atoms with E-state index in [-0.39, 0.29) is 35.9 Å². The maximum atomic E-state index is 12.4. The summed E-state index contributed by atoms with van der Waals surface area (Å²) in [7, 11) is -3.06. The fourth-order valence-corrected chi connectivity index (χ4v) is 4.09. The summed E-state index contributed by atoms with van der Waals surface area (Å²) in [5.41, 5.74) is 1.20. The van der Waals surface area contributed by atoms with Crippen molar-refractivity contribution in [3.63, 3.8) is 0 Å². The minimum Gasteiger partial charge on any atom is -0.481 e. The van der Waals surface area contributed by atoms with Crippen molar-refractivity contribution in [3.05, 3.63) is 29.8 Å². The van der Waals surface area contributed by atoms with Crippen molar-refractivity contribution in [2.45, 2.75) is 52.2 Å². The molecule has 8 heteroatoms. The van der Waals surface area contributed by atoms with Gasteiger partial charge in [0.15, 0.2) is 15.9 Å². The van der Waals surface area contributed by atoms with Crippen LogP contribution in [0, 0.1) is 0 Å². The number of amides is 2. The van der Waals surface area contributed by atoms with Gasteiger partial charge in [-0.05, 0) is 37.0 Å². The third-order valence-electron chi connectivity index (χ3n) is 4.79. The average Bonchev–Trinajstić information content (AvgIpc) is 2.60. The van der Waals surface area contributed by atoms with E-state index in [1.165, 1.54) is 10.5 Å². The van der Waals surface area contributed by atoms with Crippen molar-refractivity contribution >= 4 is 21.7 Å². The number of ether oxygens (including phenoxy) is 1. The van der Waals surface area contributed by atoms with Crippen LogP contribution in [0.15, 0.2) is 24.3 Å². The molecule has 1 aliphatic heterocycles. The highest BCUT2D eigenvalue weighted by Crippen LogP contribution is 2.24. The molecule has 0 saturated carbocycles. The molecule has 1 fully saturated rings. The van der Waals surface area contributed by atoms with E-state index in [4.69, 9.17) is 4.74 Å². The van der Waals surface area contributed by atoms with Gasteiger partial charge in [0.05, 0.1) is 11.5 Å². The Hall–Kier alpha value is -2.09. The standard InChI is InChI=1S/C20H30N2O5S/c1-14(19(24)22-10-12-28(25,26)13-11-22)21-18(23)15(2)27-17-8-6-16(7-9-17)20(3,4)5/h6-9,14-15H,10-13H2,1-5H3,(H,21,23). The Balaban J connectivity index is 1.88. The predicted molar refractivity (Wildman–Crippen MR) is 108 cm³/mol. The Morgan fingerprint density at radius 1 is 1.07 bits per heavy atom. The van der Waals surface area contributed by atoms with Crippen LogP contribution in [0.4, 0.5) is 0 Å². The van der Waals surface area contributed by atoms with E-state index >= 15 is 0 Å². The number of sulfone groups is 1. The zero-order valence-electron chi connectivity index (χ0n) is 17.2. The van der Waals surface area contributed by atoms with Crippen LogP contribution in [0.1, 0.15) is 40.2 Å². The van der Waals surface area contributed by atoms with Gasteiger partial charge in [-0.1, -0.05) is 32.9 Å². The summed E-state index contributed by atoms with van der Waals surface area (Å²) in [4.78, 5) is 26.3. The Bertz CT molecular complexity index is 798. The molecule has 0 radical (unpaired) electrons. The fraction of sp³-hybridized carbons (Fsp3) is 0.600. The molecule has 156 valence electrons. The lowest BCUT2D eigenvalue weighted by Crippen LogP contribution is -2.53. The number of rotatable bonds is 5. The molecular formula is C20H30N2O5S. The van der Waals surface area contributed by atoms with Crippen LogP contribution in [0.5, 0.6) is 5.75 Å². The molecule has 1 N–H and O–H groups in total. The summed E-state index contributed by atoms with van der Waals surface area (Å²) in [6, 6.07) is 6.84. The molecule has 0 spiro atoms. The van der Waals surface area contributed by atoms with Gasteiger partial charge in [-0.25, -0.2) is 8.42 Å². The quantitative estimate of drug-likeness (QED) is 0.794. The highest BCUT2D eigenvalue weighted by atomic mass is 32.2. The van der Waals surface area contributed by atoms with E-state index in [0.29, 0.717) is 5.75 Å². The van der Waals surface area contributed by atoms with Gasteiger partial charge < -0.3 is 15.0 Å². The summed E-state index contributed by atoms with van der Waals surface area (Å²) in [5.74, 6) is -0.182. The third-order valence-corrected chi connectivity index (χ3v) is 6.40. The first kappa shape index (κ1) is 22.2. The maximum Gasteiger partial charge on any atom is 0.261 e. The lowest BCUT2D eigenvalue weighted by atomic mass is 9.87. The first-order valence-corrected chi connectivity index (χ1v) is 11.3. The molecule has 1 aromatic carbocycles. The zero-order valence-corrected chi connectivity index (χ0v) is 18.0. The highest BCUT2D eigenvalue weighted by molar-refractivity contribution is 7.91. The van der Waals surface area contributed by atoms with Crippen molar-refractivity contribution in [1.29, 1.82) is 0 Å². The molecule has 7 nitrogen and oxygen atoms in total. The number of carbonyl (C=O) groups excluding carboxylic acids is 2. The average molecular weight is 411 g/mol. The van der Waals surface area contributed by atoms with Gasteiger partial charge in [-0.3, -0.25) is 9.59 Å². The molecule has 0 aliphatic carbocycles. The number of nitrogens with zero attached hydrogens (tertiary/aromatic N) is 1. The summed E-state index contributed by atoms with van der Waals surface area (Å²) < 4.78 is 28.6. The maximum absolute atomic E-state index is 12.4. The van der Waals surface area contributed by atoms with E-state index in [9.17, 15) is 18.0 Å². The minimum absolute atomic E-state index is 0.0328. The summed E-state index contributed by atoms with van der Waals surface area (Å²) in [6.45, 7) is 9.90. The lowest BCUT2D eigenvalue weighted by molar-refractivity contribution is -0.137. The van der Waals surface area contributed by atoms with E-state index in [1.807, 2.05) is 24.3 Å². The predicted octanol–water partition coefficient (Wildman–Crippen LogP) is 1.51. The number of hydrogen-bond acceptors (Lipinski definition) is 5. The molecule has 28 heavy (non-hydrogen) atoms. The second-order valence-electron chi connectivity index (χ2n) is 8.24. The van der Waals surface area contributed by atoms with Crippen LogP contribution >= 0.6 is 0 Å². The molecule has 0 aromatic heterocycles. The Morgan fingerprint density at radius 3 is 2.11 bits per heavy atom. The largest absolute Gasteiger partial charge is 0.481 e. The van der Waals surface area contributed by atoms with Crippen LogP contribution in [-0.2, 0) is 24.8 Å². The van der Waals surface area contributed by atoms with Crippen molar-refractivity contribution in [3.8, 4) is 5.75 Å². The second kappa shape index (κ2) is 8.51. The van der Waals surface area contributed by atoms with Crippen LogP contribution < -0.4 is 10.1 Å². The van der Waals surface area contributed by atoms with Crippen LogP contribution in [-0.4, -0.2) is 61.9 Å². The first-order chi connectivity index (χ1) is 12.9. The monoisotopic (exact) mass is 410 g/mol. The van der Waals surface area contributed by atoms with Crippen LogP contribution in [0.2, 0.25) is 0 Å². The molecule has 1 aromatic rings. The van der Waals surface area contributed by atoms with E-state index in [0.717, 1.165) is 0 Å². The summed E-state index contributed by atoms with van der Waals surface area (Å²) >= 11 is 0. The number of benzene rings is 1. The van der Waals surface area contributed by atoms with Gasteiger partial charge in [0.1, 0.15) is 11.8 Å². The van der Waals surface area contributed by atoms with Gasteiger partial charge >= 0.3 is 0 Å². The summed E-state index contributed by atoms with van der Waals surface area (Å²) in [5, 5.41) is 2.65. The molecular weight excluding hydrogens is 380 g/mol. The van der Waals surface area contributed by atoms with Crippen molar-refractivity contribution in [1.82, 2.24) is 10.2 Å². The van der Waals surface area contributed by atoms with Gasteiger partial charge in [0.25, 0.3) is 5.91 Å². The molecule has 2 amide bonds. The van der Waals surface area contributed by atoms with Crippen LogP contribution in [0.3, 0.4) is 0 Å². The molecule has 2 unspecified atom stereocenters. The molecule has 0 bridgehead atoms. The summed E-state index contributed by atoms with van der Waals surface area (Å²) in [6.07, 6.45) is -0.766. The van der Waals surface area contributed by atoms with Gasteiger partial charge in [-0.2, -0.15) is 0 Å². The Labute approximate surface area is 167 Å². The Morgan fingerprint density at radius 2 is 1.61 bits per heavy atom. The minimum atomic E-state index is -3.06. The van der Waals surface area contributed by atoms with Crippen LogP contribution in [0.25, 0.3) is 0 Å². The van der Waals surface area contributed by atoms with Gasteiger partial charge in [0.2, 0.25) is 5.91 Å². The van der Waals surface area contributed by atoms with Crippen molar-refractivity contribution in [2.24, 2.45) is 0 Å². The van der Waals surface area contributed by atoms with Gasteiger partial charge in [-0.15, -0.1) is 0 Å².